The van der Waals surface area contributed by atoms with Crippen LogP contribution in [0.2, 0.25) is 0 Å². The molecule has 1 fully saturated rings. The SMILES string of the molecule is CC(C)(C)OC(=O)N1CCN(c2ccc(-c3ccc(-c4ccc(-c5ccncc5)s4)s3)cc2)CC1. The van der Waals surface area contributed by atoms with Crippen LogP contribution in [0.5, 0.6) is 0 Å². The lowest BCUT2D eigenvalue weighted by atomic mass is 10.1. The molecule has 0 unspecified atom stereocenters. The number of pyridine rings is 1. The number of nitrogens with zero attached hydrogens (tertiary/aromatic N) is 3. The van der Waals surface area contributed by atoms with Crippen LogP contribution in [-0.2, 0) is 4.74 Å². The molecular formula is C28H29N3O2S2. The van der Waals surface area contributed by atoms with E-state index in [1.165, 1.54) is 36.3 Å². The molecule has 35 heavy (non-hydrogen) atoms. The Kier molecular flexibility index (Phi) is 6.62. The summed E-state index contributed by atoms with van der Waals surface area (Å²) < 4.78 is 5.51. The molecule has 4 heterocycles. The molecule has 0 N–H and O–H groups in total. The molecule has 5 rings (SSSR count). The zero-order valence-electron chi connectivity index (χ0n) is 20.2. The number of aromatic nitrogens is 1. The van der Waals surface area contributed by atoms with Gasteiger partial charge in [0.05, 0.1) is 0 Å². The van der Waals surface area contributed by atoms with Gasteiger partial charge in [0, 0.05) is 63.8 Å². The predicted molar refractivity (Wildman–Crippen MR) is 146 cm³/mol. The zero-order valence-corrected chi connectivity index (χ0v) is 21.9. The highest BCUT2D eigenvalue weighted by atomic mass is 32.1. The van der Waals surface area contributed by atoms with E-state index >= 15 is 0 Å². The minimum absolute atomic E-state index is 0.223. The van der Waals surface area contributed by atoms with Gasteiger partial charge < -0.3 is 14.5 Å². The van der Waals surface area contributed by atoms with Gasteiger partial charge in [-0.15, -0.1) is 22.7 Å². The predicted octanol–water partition coefficient (Wildman–Crippen LogP) is 7.26. The Bertz CT molecular complexity index is 1280. The second-order valence-electron chi connectivity index (χ2n) is 9.56. The van der Waals surface area contributed by atoms with Gasteiger partial charge >= 0.3 is 6.09 Å². The van der Waals surface area contributed by atoms with Gasteiger partial charge in [-0.3, -0.25) is 4.98 Å². The summed E-state index contributed by atoms with van der Waals surface area (Å²) in [4.78, 5) is 25.7. The lowest BCUT2D eigenvalue weighted by Gasteiger charge is -2.36. The number of thiophene rings is 2. The number of rotatable bonds is 4. The van der Waals surface area contributed by atoms with E-state index in [0.29, 0.717) is 13.1 Å². The second kappa shape index (κ2) is 9.84. The smallest absolute Gasteiger partial charge is 0.410 e. The molecule has 0 saturated carbocycles. The third-order valence-electron chi connectivity index (χ3n) is 5.87. The molecule has 180 valence electrons. The molecule has 1 aliphatic heterocycles. The van der Waals surface area contributed by atoms with Gasteiger partial charge in [-0.25, -0.2) is 4.79 Å². The standard InChI is InChI=1S/C28H29N3O2S2/c1-28(2,3)33-27(32)31-18-16-30(17-19-31)22-6-4-20(5-7-22)23-8-10-25(34-23)26-11-9-24(35-26)21-12-14-29-15-13-21/h4-15H,16-19H2,1-3H3. The number of amides is 1. The highest BCUT2D eigenvalue weighted by Gasteiger charge is 2.26. The maximum absolute atomic E-state index is 12.3. The molecule has 0 atom stereocenters. The van der Waals surface area contributed by atoms with Crippen molar-refractivity contribution in [3.8, 4) is 30.6 Å². The number of carbonyl (C=O) groups is 1. The average Bonchev–Trinajstić information content (AvgIpc) is 3.54. The van der Waals surface area contributed by atoms with Crippen molar-refractivity contribution >= 4 is 34.5 Å². The summed E-state index contributed by atoms with van der Waals surface area (Å²) in [5.41, 5.74) is 3.16. The van der Waals surface area contributed by atoms with E-state index < -0.39 is 5.60 Å². The molecule has 0 spiro atoms. The molecule has 0 aliphatic carbocycles. The molecule has 1 aromatic carbocycles. The van der Waals surface area contributed by atoms with E-state index in [4.69, 9.17) is 4.74 Å². The minimum atomic E-state index is -0.461. The van der Waals surface area contributed by atoms with Crippen LogP contribution in [0.1, 0.15) is 20.8 Å². The van der Waals surface area contributed by atoms with E-state index in [0.717, 1.165) is 13.1 Å². The molecule has 4 aromatic rings. The first-order valence-electron chi connectivity index (χ1n) is 11.8. The first-order valence-corrected chi connectivity index (χ1v) is 13.4. The molecule has 5 nitrogen and oxygen atoms in total. The summed E-state index contributed by atoms with van der Waals surface area (Å²) in [5.74, 6) is 0. The van der Waals surface area contributed by atoms with Crippen molar-refractivity contribution in [2.45, 2.75) is 26.4 Å². The highest BCUT2D eigenvalue weighted by molar-refractivity contribution is 7.25. The summed E-state index contributed by atoms with van der Waals surface area (Å²) >= 11 is 3.64. The van der Waals surface area contributed by atoms with E-state index in [9.17, 15) is 4.79 Å². The van der Waals surface area contributed by atoms with Gasteiger partial charge in [-0.2, -0.15) is 0 Å². The zero-order chi connectivity index (χ0) is 24.4. The summed E-state index contributed by atoms with van der Waals surface area (Å²) in [7, 11) is 0. The van der Waals surface area contributed by atoms with Crippen LogP contribution < -0.4 is 4.90 Å². The third-order valence-corrected chi connectivity index (χ3v) is 8.33. The fourth-order valence-corrected chi connectivity index (χ4v) is 6.19. The summed E-state index contributed by atoms with van der Waals surface area (Å²) in [6, 6.07) is 21.7. The van der Waals surface area contributed by atoms with Crippen molar-refractivity contribution in [2.75, 3.05) is 31.1 Å². The van der Waals surface area contributed by atoms with E-state index in [-0.39, 0.29) is 6.09 Å². The lowest BCUT2D eigenvalue weighted by Crippen LogP contribution is -2.50. The first kappa shape index (κ1) is 23.6. The van der Waals surface area contributed by atoms with Crippen molar-refractivity contribution in [1.29, 1.82) is 0 Å². The average molecular weight is 504 g/mol. The number of ether oxygens (including phenoxy) is 1. The van der Waals surface area contributed by atoms with Crippen LogP contribution in [-0.4, -0.2) is 47.8 Å². The normalized spacial score (nSPS) is 14.3. The number of piperazine rings is 1. The Morgan fingerprint density at radius 3 is 1.80 bits per heavy atom. The number of hydrogen-bond acceptors (Lipinski definition) is 6. The Balaban J connectivity index is 1.22. The van der Waals surface area contributed by atoms with Crippen molar-refractivity contribution in [1.82, 2.24) is 9.88 Å². The van der Waals surface area contributed by atoms with Crippen molar-refractivity contribution < 1.29 is 9.53 Å². The Morgan fingerprint density at radius 2 is 1.26 bits per heavy atom. The quantitative estimate of drug-likeness (QED) is 0.294. The fourth-order valence-electron chi connectivity index (χ4n) is 4.08. The number of carbonyl (C=O) groups excluding carboxylic acids is 1. The van der Waals surface area contributed by atoms with Crippen LogP contribution in [0, 0.1) is 0 Å². The lowest BCUT2D eigenvalue weighted by molar-refractivity contribution is 0.0240. The third kappa shape index (κ3) is 5.57. The topological polar surface area (TPSA) is 45.7 Å². The molecule has 3 aromatic heterocycles. The number of anilines is 1. The Morgan fingerprint density at radius 1 is 0.743 bits per heavy atom. The van der Waals surface area contributed by atoms with Gasteiger partial charge in [0.15, 0.2) is 0 Å². The molecule has 7 heteroatoms. The van der Waals surface area contributed by atoms with Gasteiger partial charge in [0.1, 0.15) is 5.60 Å². The van der Waals surface area contributed by atoms with Crippen LogP contribution in [0.15, 0.2) is 73.1 Å². The molecule has 1 amide bonds. The Hall–Kier alpha value is -3.16. The number of hydrogen-bond donors (Lipinski definition) is 0. The van der Waals surface area contributed by atoms with Crippen LogP contribution >= 0.6 is 22.7 Å². The van der Waals surface area contributed by atoms with Crippen LogP contribution in [0.4, 0.5) is 10.5 Å². The van der Waals surface area contributed by atoms with E-state index in [2.05, 4.69) is 70.5 Å². The summed E-state index contributed by atoms with van der Waals surface area (Å²) in [6.07, 6.45) is 3.45. The monoisotopic (exact) mass is 503 g/mol. The van der Waals surface area contributed by atoms with Gasteiger partial charge in [-0.1, -0.05) is 12.1 Å². The highest BCUT2D eigenvalue weighted by Crippen LogP contribution is 2.40. The maximum Gasteiger partial charge on any atom is 0.410 e. The summed E-state index contributed by atoms with van der Waals surface area (Å²) in [5, 5.41) is 0. The van der Waals surface area contributed by atoms with Gasteiger partial charge in [0.25, 0.3) is 0 Å². The van der Waals surface area contributed by atoms with Crippen LogP contribution in [0.25, 0.3) is 30.6 Å². The van der Waals surface area contributed by atoms with Crippen molar-refractivity contribution in [3.63, 3.8) is 0 Å². The Labute approximate surface area is 214 Å². The molecule has 0 bridgehead atoms. The molecule has 0 radical (unpaired) electrons. The fraction of sp³-hybridized carbons (Fsp3) is 0.286. The van der Waals surface area contributed by atoms with Gasteiger partial charge in [0.2, 0.25) is 0 Å². The maximum atomic E-state index is 12.3. The van der Waals surface area contributed by atoms with E-state index in [1.54, 1.807) is 4.90 Å². The number of benzene rings is 1. The second-order valence-corrected chi connectivity index (χ2v) is 11.7. The molecular weight excluding hydrogens is 474 g/mol. The summed E-state index contributed by atoms with van der Waals surface area (Å²) in [6.45, 7) is 8.67. The largest absolute Gasteiger partial charge is 0.444 e. The van der Waals surface area contributed by atoms with Gasteiger partial charge in [-0.05, 0) is 80.4 Å². The minimum Gasteiger partial charge on any atom is -0.444 e. The first-order chi connectivity index (χ1) is 16.9. The van der Waals surface area contributed by atoms with Crippen molar-refractivity contribution in [3.05, 3.63) is 73.1 Å². The van der Waals surface area contributed by atoms with E-state index in [1.807, 2.05) is 55.8 Å². The van der Waals surface area contributed by atoms with Crippen LogP contribution in [0.3, 0.4) is 0 Å². The molecule has 1 aliphatic rings. The van der Waals surface area contributed by atoms with Crippen molar-refractivity contribution in [2.24, 2.45) is 0 Å². The molecule has 1 saturated heterocycles.